The third-order valence-corrected chi connectivity index (χ3v) is 4.01. The van der Waals surface area contributed by atoms with Crippen molar-refractivity contribution >= 4 is 21.8 Å². The van der Waals surface area contributed by atoms with Crippen molar-refractivity contribution in [2.75, 3.05) is 6.54 Å². The Hall–Kier alpha value is -0.900. The van der Waals surface area contributed by atoms with Crippen LogP contribution in [0.4, 0.5) is 4.39 Å². The highest BCUT2D eigenvalue weighted by Gasteiger charge is 2.29. The fourth-order valence-corrected chi connectivity index (χ4v) is 2.40. The highest BCUT2D eigenvalue weighted by Crippen LogP contribution is 2.36. The fraction of sp³-hybridized carbons (Fsp3) is 0.462. The van der Waals surface area contributed by atoms with E-state index in [1.807, 2.05) is 0 Å². The molecule has 0 bridgehead atoms. The summed E-state index contributed by atoms with van der Waals surface area (Å²) in [4.78, 5) is 12.0. The Labute approximate surface area is 109 Å². The lowest BCUT2D eigenvalue weighted by molar-refractivity contribution is -0.120. The van der Waals surface area contributed by atoms with Crippen LogP contribution in [0.3, 0.4) is 0 Å². The average molecular weight is 300 g/mol. The van der Waals surface area contributed by atoms with E-state index in [1.165, 1.54) is 18.9 Å². The van der Waals surface area contributed by atoms with Gasteiger partial charge in [-0.05, 0) is 30.4 Å². The third-order valence-electron chi connectivity index (χ3n) is 2.94. The number of carbonyl (C=O) groups is 1. The zero-order chi connectivity index (χ0) is 12.3. The molecule has 1 saturated carbocycles. The molecule has 2 nitrogen and oxygen atoms in total. The number of halogens is 2. The maximum Gasteiger partial charge on any atom is 0.224 e. The third kappa shape index (κ3) is 3.80. The minimum Gasteiger partial charge on any atom is -0.355 e. The minimum absolute atomic E-state index is 0.108. The summed E-state index contributed by atoms with van der Waals surface area (Å²) >= 11 is 3.54. The zero-order valence-corrected chi connectivity index (χ0v) is 11.0. The van der Waals surface area contributed by atoms with Gasteiger partial charge in [-0.15, -0.1) is 0 Å². The Morgan fingerprint density at radius 1 is 1.47 bits per heavy atom. The Bertz CT molecular complexity index is 406. The topological polar surface area (TPSA) is 29.1 Å². The minimum atomic E-state index is -0.319. The van der Waals surface area contributed by atoms with Gasteiger partial charge in [0.25, 0.3) is 0 Å². The van der Waals surface area contributed by atoms with Crippen LogP contribution in [0.25, 0.3) is 0 Å². The summed E-state index contributed by atoms with van der Waals surface area (Å²) < 4.78 is 13.3. The molecule has 0 saturated heterocycles. The second kappa shape index (κ2) is 5.63. The summed E-state index contributed by atoms with van der Waals surface area (Å²) in [6.45, 7) is 0.623. The van der Waals surface area contributed by atoms with Crippen LogP contribution < -0.4 is 5.32 Å². The van der Waals surface area contributed by atoms with Crippen molar-refractivity contribution in [3.05, 3.63) is 35.6 Å². The molecule has 4 heteroatoms. The smallest absolute Gasteiger partial charge is 0.224 e. The normalized spacial score (nSPS) is 16.6. The summed E-state index contributed by atoms with van der Waals surface area (Å²) in [7, 11) is 0. The largest absolute Gasteiger partial charge is 0.355 e. The lowest BCUT2D eigenvalue weighted by atomic mass is 10.1. The molecule has 1 atom stereocenters. The Morgan fingerprint density at radius 2 is 2.18 bits per heavy atom. The summed E-state index contributed by atoms with van der Waals surface area (Å²) in [5.74, 6) is 0.254. The number of hydrogen-bond acceptors (Lipinski definition) is 1. The first-order valence-corrected chi connectivity index (χ1v) is 6.72. The maximum atomic E-state index is 13.3. The molecule has 0 spiro atoms. The molecule has 2 rings (SSSR count). The number of carbonyl (C=O) groups excluding carboxylic acids is 1. The lowest BCUT2D eigenvalue weighted by Gasteiger charge is -2.10. The van der Waals surface area contributed by atoms with Gasteiger partial charge >= 0.3 is 0 Å². The summed E-state index contributed by atoms with van der Waals surface area (Å²) in [6.07, 6.45) is 2.58. The van der Waals surface area contributed by atoms with Crippen molar-refractivity contribution in [1.82, 2.24) is 5.32 Å². The molecule has 1 unspecified atom stereocenters. The Morgan fingerprint density at radius 3 is 2.82 bits per heavy atom. The monoisotopic (exact) mass is 299 g/mol. The molecule has 0 radical (unpaired) electrons. The fourth-order valence-electron chi connectivity index (χ4n) is 1.71. The van der Waals surface area contributed by atoms with Crippen LogP contribution >= 0.6 is 15.9 Å². The van der Waals surface area contributed by atoms with E-state index in [1.54, 1.807) is 18.2 Å². The van der Waals surface area contributed by atoms with Crippen molar-refractivity contribution in [2.45, 2.75) is 24.1 Å². The van der Waals surface area contributed by atoms with Gasteiger partial charge in [-0.1, -0.05) is 34.1 Å². The SMILES string of the molecule is O=C(Cc1ccccc1F)NCC(Br)C1CC1. The second-order valence-corrected chi connectivity index (χ2v) is 5.60. The standard InChI is InChI=1S/C13H15BrFNO/c14-11(9-5-6-9)8-16-13(17)7-10-3-1-2-4-12(10)15/h1-4,9,11H,5-8H2,(H,16,17). The zero-order valence-electron chi connectivity index (χ0n) is 9.46. The van der Waals surface area contributed by atoms with Gasteiger partial charge in [-0.2, -0.15) is 0 Å². The van der Waals surface area contributed by atoms with Gasteiger partial charge in [0.2, 0.25) is 5.91 Å². The predicted octanol–water partition coefficient (Wildman–Crippen LogP) is 2.66. The van der Waals surface area contributed by atoms with Gasteiger partial charge in [-0.25, -0.2) is 4.39 Å². The van der Waals surface area contributed by atoms with Crippen molar-refractivity contribution in [1.29, 1.82) is 0 Å². The lowest BCUT2D eigenvalue weighted by Crippen LogP contribution is -2.31. The van der Waals surface area contributed by atoms with Crippen LogP contribution in [-0.2, 0) is 11.2 Å². The molecule has 1 aliphatic carbocycles. The molecule has 1 N–H and O–H groups in total. The molecule has 1 aliphatic rings. The van der Waals surface area contributed by atoms with Gasteiger partial charge in [0, 0.05) is 11.4 Å². The number of benzene rings is 1. The molecule has 1 aromatic rings. The first kappa shape index (κ1) is 12.6. The summed E-state index contributed by atoms with van der Waals surface area (Å²) in [6, 6.07) is 6.38. The highest BCUT2D eigenvalue weighted by molar-refractivity contribution is 9.09. The number of rotatable bonds is 5. The number of alkyl halides is 1. The number of hydrogen-bond donors (Lipinski definition) is 1. The average Bonchev–Trinajstić information content (AvgIpc) is 3.13. The molecule has 92 valence electrons. The van der Waals surface area contributed by atoms with Gasteiger partial charge in [-0.3, -0.25) is 4.79 Å². The first-order valence-electron chi connectivity index (χ1n) is 5.81. The van der Waals surface area contributed by atoms with Crippen LogP contribution in [0.15, 0.2) is 24.3 Å². The van der Waals surface area contributed by atoms with E-state index in [9.17, 15) is 9.18 Å². The van der Waals surface area contributed by atoms with Crippen LogP contribution in [0.2, 0.25) is 0 Å². The molecule has 0 aromatic heterocycles. The van der Waals surface area contributed by atoms with E-state index >= 15 is 0 Å². The van der Waals surface area contributed by atoms with E-state index < -0.39 is 0 Å². The maximum absolute atomic E-state index is 13.3. The molecular weight excluding hydrogens is 285 g/mol. The van der Waals surface area contributed by atoms with E-state index in [0.29, 0.717) is 22.9 Å². The van der Waals surface area contributed by atoms with Gasteiger partial charge in [0.1, 0.15) is 5.82 Å². The summed E-state index contributed by atoms with van der Waals surface area (Å²) in [5, 5.41) is 2.83. The van der Waals surface area contributed by atoms with Crippen LogP contribution in [0, 0.1) is 11.7 Å². The highest BCUT2D eigenvalue weighted by atomic mass is 79.9. The molecular formula is C13H15BrFNO. The predicted molar refractivity (Wildman–Crippen MR) is 68.6 cm³/mol. The van der Waals surface area contributed by atoms with E-state index in [4.69, 9.17) is 0 Å². The molecule has 1 aromatic carbocycles. The van der Waals surface area contributed by atoms with Crippen LogP contribution in [-0.4, -0.2) is 17.3 Å². The van der Waals surface area contributed by atoms with Crippen molar-refractivity contribution < 1.29 is 9.18 Å². The van der Waals surface area contributed by atoms with Crippen molar-refractivity contribution in [3.63, 3.8) is 0 Å². The molecule has 1 fully saturated rings. The van der Waals surface area contributed by atoms with Gasteiger partial charge < -0.3 is 5.32 Å². The van der Waals surface area contributed by atoms with Gasteiger partial charge in [0.15, 0.2) is 0 Å². The number of amides is 1. The van der Waals surface area contributed by atoms with Crippen molar-refractivity contribution in [2.24, 2.45) is 5.92 Å². The molecule has 17 heavy (non-hydrogen) atoms. The molecule has 0 heterocycles. The number of nitrogens with one attached hydrogen (secondary N) is 1. The Kier molecular flexibility index (Phi) is 4.15. The summed E-state index contributed by atoms with van der Waals surface area (Å²) in [5.41, 5.74) is 0.447. The van der Waals surface area contributed by atoms with Crippen LogP contribution in [0.1, 0.15) is 18.4 Å². The second-order valence-electron chi connectivity index (χ2n) is 4.43. The van der Waals surface area contributed by atoms with Crippen molar-refractivity contribution in [3.8, 4) is 0 Å². The van der Waals surface area contributed by atoms with Gasteiger partial charge in [0.05, 0.1) is 6.42 Å². The van der Waals surface area contributed by atoms with E-state index in [0.717, 1.165) is 0 Å². The van der Waals surface area contributed by atoms with Crippen LogP contribution in [0.5, 0.6) is 0 Å². The Balaban J connectivity index is 1.78. The van der Waals surface area contributed by atoms with E-state index in [-0.39, 0.29) is 18.1 Å². The molecule has 1 amide bonds. The molecule has 0 aliphatic heterocycles. The first-order chi connectivity index (χ1) is 8.16. The quantitative estimate of drug-likeness (QED) is 0.832. The van der Waals surface area contributed by atoms with E-state index in [2.05, 4.69) is 21.2 Å².